The van der Waals surface area contributed by atoms with Gasteiger partial charge in [-0.2, -0.15) is 17.6 Å². The van der Waals surface area contributed by atoms with Crippen molar-refractivity contribution in [1.29, 1.82) is 0 Å². The first kappa shape index (κ1) is 19.8. The lowest BCUT2D eigenvalue weighted by Gasteiger charge is -2.14. The second-order valence-corrected chi connectivity index (χ2v) is 6.55. The Morgan fingerprint density at radius 2 is 1.29 bits per heavy atom. The minimum atomic E-state index is -5.16. The first-order chi connectivity index (χ1) is 13.4. The third kappa shape index (κ3) is 5.53. The van der Waals surface area contributed by atoms with Gasteiger partial charge in [-0.05, 0) is 48.2 Å². The first-order valence-electron chi connectivity index (χ1n) is 8.12. The minimum Gasteiger partial charge on any atom is -0.457 e. The predicted molar refractivity (Wildman–Crippen MR) is 100 cm³/mol. The highest BCUT2D eigenvalue weighted by Crippen LogP contribution is 2.39. The Morgan fingerprint density at radius 3 is 1.93 bits per heavy atom. The number of hydrogen-bond acceptors (Lipinski definition) is 3. The third-order valence-corrected chi connectivity index (χ3v) is 4.33. The SMILES string of the molecule is F/C(=C(\Oc1cccc(Oc2ccccc2)c1)Sc1ccccc1)C(F)(F)F. The van der Waals surface area contributed by atoms with E-state index in [2.05, 4.69) is 0 Å². The van der Waals surface area contributed by atoms with Crippen LogP contribution in [0.2, 0.25) is 0 Å². The smallest absolute Gasteiger partial charge is 0.447 e. The van der Waals surface area contributed by atoms with Gasteiger partial charge in [0.05, 0.1) is 0 Å². The zero-order chi connectivity index (χ0) is 20.0. The van der Waals surface area contributed by atoms with Crippen LogP contribution in [0, 0.1) is 0 Å². The van der Waals surface area contributed by atoms with Gasteiger partial charge in [0.2, 0.25) is 5.09 Å². The van der Waals surface area contributed by atoms with Gasteiger partial charge in [-0.25, -0.2) is 0 Å². The van der Waals surface area contributed by atoms with Crippen molar-refractivity contribution in [3.63, 3.8) is 0 Å². The van der Waals surface area contributed by atoms with Crippen LogP contribution in [0.4, 0.5) is 17.6 Å². The molecule has 0 N–H and O–H groups in total. The van der Waals surface area contributed by atoms with E-state index in [1.54, 1.807) is 66.7 Å². The van der Waals surface area contributed by atoms with E-state index >= 15 is 0 Å². The molecular weight excluding hydrogens is 392 g/mol. The molecule has 3 aromatic carbocycles. The molecule has 0 atom stereocenters. The fourth-order valence-corrected chi connectivity index (χ4v) is 3.01. The zero-order valence-corrected chi connectivity index (χ0v) is 15.1. The monoisotopic (exact) mass is 406 g/mol. The summed E-state index contributed by atoms with van der Waals surface area (Å²) in [6.07, 6.45) is -5.16. The maximum absolute atomic E-state index is 14.0. The van der Waals surface area contributed by atoms with Crippen molar-refractivity contribution in [2.45, 2.75) is 11.1 Å². The summed E-state index contributed by atoms with van der Waals surface area (Å²) in [5.41, 5.74) is 0. The molecule has 0 radical (unpaired) electrons. The number of para-hydroxylation sites is 1. The van der Waals surface area contributed by atoms with E-state index in [4.69, 9.17) is 9.47 Å². The molecule has 2 nitrogen and oxygen atoms in total. The Bertz CT molecular complexity index is 941. The zero-order valence-electron chi connectivity index (χ0n) is 14.3. The van der Waals surface area contributed by atoms with Crippen molar-refractivity contribution in [3.8, 4) is 17.2 Å². The molecule has 0 fully saturated rings. The van der Waals surface area contributed by atoms with Crippen LogP contribution in [0.25, 0.3) is 0 Å². The molecule has 0 unspecified atom stereocenters. The molecule has 144 valence electrons. The number of hydrogen-bond donors (Lipinski definition) is 0. The van der Waals surface area contributed by atoms with Gasteiger partial charge in [0.25, 0.3) is 5.83 Å². The highest BCUT2D eigenvalue weighted by Gasteiger charge is 2.39. The quantitative estimate of drug-likeness (QED) is 0.242. The number of halogens is 4. The summed E-state index contributed by atoms with van der Waals surface area (Å²) in [4.78, 5) is 0.411. The number of allylic oxidation sites excluding steroid dienone is 1. The lowest BCUT2D eigenvalue weighted by Crippen LogP contribution is -2.12. The van der Waals surface area contributed by atoms with Gasteiger partial charge in [-0.1, -0.05) is 42.5 Å². The van der Waals surface area contributed by atoms with Gasteiger partial charge in [0.15, 0.2) is 0 Å². The molecule has 0 spiro atoms. The van der Waals surface area contributed by atoms with Crippen LogP contribution in [0.15, 0.2) is 101 Å². The summed E-state index contributed by atoms with van der Waals surface area (Å²) in [6.45, 7) is 0. The average molecular weight is 406 g/mol. The Labute approximate surface area is 163 Å². The van der Waals surface area contributed by atoms with Gasteiger partial charge < -0.3 is 9.47 Å². The molecule has 0 bridgehead atoms. The molecule has 0 saturated heterocycles. The van der Waals surface area contributed by atoms with E-state index in [-0.39, 0.29) is 5.75 Å². The largest absolute Gasteiger partial charge is 0.457 e. The maximum atomic E-state index is 14.0. The van der Waals surface area contributed by atoms with Crippen LogP contribution in [0.5, 0.6) is 17.2 Å². The van der Waals surface area contributed by atoms with Crippen LogP contribution in [-0.4, -0.2) is 6.18 Å². The van der Waals surface area contributed by atoms with Crippen LogP contribution in [0.3, 0.4) is 0 Å². The van der Waals surface area contributed by atoms with Gasteiger partial charge in [-0.15, -0.1) is 0 Å². The van der Waals surface area contributed by atoms with Crippen LogP contribution in [-0.2, 0) is 0 Å². The lowest BCUT2D eigenvalue weighted by molar-refractivity contribution is -0.110. The predicted octanol–water partition coefficient (Wildman–Crippen LogP) is 7.35. The second-order valence-electron chi connectivity index (χ2n) is 5.51. The summed E-state index contributed by atoms with van der Waals surface area (Å²) >= 11 is 0.550. The molecule has 0 aliphatic heterocycles. The fraction of sp³-hybridized carbons (Fsp3) is 0.0476. The summed E-state index contributed by atoms with van der Waals surface area (Å²) in [5, 5.41) is -0.893. The minimum absolute atomic E-state index is 0.0197. The second kappa shape index (κ2) is 8.84. The molecule has 0 amide bonds. The van der Waals surface area contributed by atoms with Crippen LogP contribution >= 0.6 is 11.8 Å². The number of benzene rings is 3. The van der Waals surface area contributed by atoms with E-state index in [0.29, 0.717) is 28.2 Å². The van der Waals surface area contributed by atoms with Crippen molar-refractivity contribution >= 4 is 11.8 Å². The van der Waals surface area contributed by atoms with E-state index in [1.165, 1.54) is 12.1 Å². The van der Waals surface area contributed by atoms with Crippen molar-refractivity contribution in [1.82, 2.24) is 0 Å². The number of ether oxygens (including phenoxy) is 2. The third-order valence-electron chi connectivity index (χ3n) is 3.38. The maximum Gasteiger partial charge on any atom is 0.447 e. The molecular formula is C21H14F4O2S. The highest BCUT2D eigenvalue weighted by molar-refractivity contribution is 8.03. The average Bonchev–Trinajstić information content (AvgIpc) is 2.68. The number of thioether (sulfide) groups is 1. The molecule has 3 rings (SSSR count). The van der Waals surface area contributed by atoms with E-state index in [1.807, 2.05) is 6.07 Å². The summed E-state index contributed by atoms with van der Waals surface area (Å²) < 4.78 is 63.6. The van der Waals surface area contributed by atoms with Crippen molar-refractivity contribution in [2.75, 3.05) is 0 Å². The molecule has 0 aromatic heterocycles. The van der Waals surface area contributed by atoms with Gasteiger partial charge in [-0.3, -0.25) is 0 Å². The van der Waals surface area contributed by atoms with Crippen molar-refractivity contribution < 1.29 is 27.0 Å². The van der Waals surface area contributed by atoms with Crippen LogP contribution < -0.4 is 9.47 Å². The normalized spacial score (nSPS) is 12.3. The van der Waals surface area contributed by atoms with Crippen molar-refractivity contribution in [2.24, 2.45) is 0 Å². The Balaban J connectivity index is 1.85. The Morgan fingerprint density at radius 1 is 0.714 bits per heavy atom. The molecule has 3 aromatic rings. The van der Waals surface area contributed by atoms with E-state index in [0.717, 1.165) is 0 Å². The summed E-state index contributed by atoms with van der Waals surface area (Å²) in [7, 11) is 0. The van der Waals surface area contributed by atoms with Crippen LogP contribution in [0.1, 0.15) is 0 Å². The molecule has 0 saturated carbocycles. The van der Waals surface area contributed by atoms with Gasteiger partial charge in [0.1, 0.15) is 17.2 Å². The molecule has 28 heavy (non-hydrogen) atoms. The Hall–Kier alpha value is -2.93. The molecule has 0 aliphatic carbocycles. The summed E-state index contributed by atoms with van der Waals surface area (Å²) in [6, 6.07) is 22.9. The van der Waals surface area contributed by atoms with Crippen molar-refractivity contribution in [3.05, 3.63) is 95.8 Å². The van der Waals surface area contributed by atoms with E-state index in [9.17, 15) is 17.6 Å². The van der Waals surface area contributed by atoms with Gasteiger partial charge >= 0.3 is 6.18 Å². The summed E-state index contributed by atoms with van der Waals surface area (Å²) in [5.74, 6) is -1.38. The number of alkyl halides is 3. The first-order valence-corrected chi connectivity index (χ1v) is 8.94. The number of rotatable bonds is 6. The lowest BCUT2D eigenvalue weighted by atomic mass is 10.3. The Kier molecular flexibility index (Phi) is 6.26. The topological polar surface area (TPSA) is 18.5 Å². The fourth-order valence-electron chi connectivity index (χ4n) is 2.15. The van der Waals surface area contributed by atoms with Gasteiger partial charge in [0, 0.05) is 11.0 Å². The molecule has 0 aliphatic rings. The standard InChI is InChI=1S/C21H14F4O2S/c22-19(21(23,24)25)20(28-18-12-5-2-6-13-18)27-17-11-7-10-16(14-17)26-15-8-3-1-4-9-15/h1-14H/b20-19+. The molecule has 0 heterocycles. The van der Waals surface area contributed by atoms with E-state index < -0.39 is 17.1 Å². The molecule has 7 heteroatoms. The highest BCUT2D eigenvalue weighted by atomic mass is 32.2.